The van der Waals surface area contributed by atoms with Gasteiger partial charge in [0.1, 0.15) is 5.69 Å². The Morgan fingerprint density at radius 2 is 1.60 bits per heavy atom. The SMILES string of the molecule is CN(C)/C=N\c1c(Cl)cc(NCc2ccc(N(C)C)cc2Cl)cc1Cl. The molecule has 0 bridgehead atoms. The van der Waals surface area contributed by atoms with Crippen LogP contribution in [-0.4, -0.2) is 39.4 Å². The summed E-state index contributed by atoms with van der Waals surface area (Å²) in [6.07, 6.45) is 1.66. The van der Waals surface area contributed by atoms with Gasteiger partial charge in [-0.25, -0.2) is 4.99 Å². The Hall–Kier alpha value is -1.62. The first-order chi connectivity index (χ1) is 11.8. The van der Waals surface area contributed by atoms with Gasteiger partial charge < -0.3 is 15.1 Å². The van der Waals surface area contributed by atoms with Crippen molar-refractivity contribution in [1.82, 2.24) is 4.90 Å². The lowest BCUT2D eigenvalue weighted by molar-refractivity contribution is 0.643. The van der Waals surface area contributed by atoms with Gasteiger partial charge in [-0.05, 0) is 29.8 Å². The van der Waals surface area contributed by atoms with Crippen molar-refractivity contribution in [3.8, 4) is 0 Å². The third kappa shape index (κ3) is 5.43. The van der Waals surface area contributed by atoms with E-state index in [9.17, 15) is 0 Å². The summed E-state index contributed by atoms with van der Waals surface area (Å²) in [5.74, 6) is 0. The van der Waals surface area contributed by atoms with Crippen LogP contribution in [0.25, 0.3) is 0 Å². The van der Waals surface area contributed by atoms with E-state index in [0.29, 0.717) is 27.3 Å². The largest absolute Gasteiger partial charge is 0.381 e. The van der Waals surface area contributed by atoms with Crippen LogP contribution in [0.1, 0.15) is 5.56 Å². The van der Waals surface area contributed by atoms with Crippen LogP contribution >= 0.6 is 34.8 Å². The number of rotatable bonds is 6. The van der Waals surface area contributed by atoms with Crippen LogP contribution in [-0.2, 0) is 6.54 Å². The van der Waals surface area contributed by atoms with Crippen LogP contribution in [0.3, 0.4) is 0 Å². The molecule has 134 valence electrons. The minimum Gasteiger partial charge on any atom is -0.381 e. The Kier molecular flexibility index (Phi) is 6.82. The molecule has 7 heteroatoms. The van der Waals surface area contributed by atoms with Crippen LogP contribution < -0.4 is 10.2 Å². The molecular formula is C18H21Cl3N4. The molecule has 1 N–H and O–H groups in total. The molecule has 0 saturated carbocycles. The zero-order valence-electron chi connectivity index (χ0n) is 14.6. The van der Waals surface area contributed by atoms with Gasteiger partial charge in [-0.15, -0.1) is 0 Å². The van der Waals surface area contributed by atoms with Gasteiger partial charge in [0, 0.05) is 51.1 Å². The molecule has 0 aromatic heterocycles. The fraction of sp³-hybridized carbons (Fsp3) is 0.278. The second-order valence-electron chi connectivity index (χ2n) is 6.02. The summed E-state index contributed by atoms with van der Waals surface area (Å²) < 4.78 is 0. The predicted molar refractivity (Wildman–Crippen MR) is 111 cm³/mol. The van der Waals surface area contributed by atoms with Crippen molar-refractivity contribution in [2.45, 2.75) is 6.54 Å². The molecule has 0 aliphatic heterocycles. The molecule has 2 rings (SSSR count). The smallest absolute Gasteiger partial charge is 0.102 e. The summed E-state index contributed by atoms with van der Waals surface area (Å²) in [4.78, 5) is 8.12. The average Bonchev–Trinajstić information content (AvgIpc) is 2.52. The Labute approximate surface area is 164 Å². The third-order valence-corrected chi connectivity index (χ3v) is 4.40. The standard InChI is InChI=1S/C18H21Cl3N4/c1-24(2)11-23-18-16(20)7-13(8-17(18)21)22-10-12-5-6-14(25(3)4)9-15(12)19/h5-9,11,22H,10H2,1-4H3/b23-11-. The molecular weight excluding hydrogens is 379 g/mol. The normalized spacial score (nSPS) is 11.0. The summed E-state index contributed by atoms with van der Waals surface area (Å²) >= 11 is 19.0. The van der Waals surface area contributed by atoms with E-state index in [1.54, 1.807) is 18.5 Å². The molecule has 25 heavy (non-hydrogen) atoms. The van der Waals surface area contributed by atoms with Crippen LogP contribution in [0.2, 0.25) is 15.1 Å². The topological polar surface area (TPSA) is 30.9 Å². The number of aliphatic imine (C=N–C) groups is 1. The van der Waals surface area contributed by atoms with Gasteiger partial charge in [0.05, 0.1) is 16.4 Å². The Morgan fingerprint density at radius 1 is 0.960 bits per heavy atom. The van der Waals surface area contributed by atoms with Gasteiger partial charge in [-0.1, -0.05) is 40.9 Å². The molecule has 0 spiro atoms. The molecule has 2 aromatic rings. The molecule has 0 fully saturated rings. The van der Waals surface area contributed by atoms with E-state index in [1.165, 1.54) is 0 Å². The molecule has 0 aliphatic rings. The lowest BCUT2D eigenvalue weighted by Crippen LogP contribution is -2.09. The van der Waals surface area contributed by atoms with E-state index in [4.69, 9.17) is 34.8 Å². The first-order valence-corrected chi connectivity index (χ1v) is 8.80. The van der Waals surface area contributed by atoms with E-state index in [0.717, 1.165) is 16.9 Å². The van der Waals surface area contributed by atoms with Crippen LogP contribution in [0, 0.1) is 0 Å². The van der Waals surface area contributed by atoms with E-state index < -0.39 is 0 Å². The van der Waals surface area contributed by atoms with Gasteiger partial charge in [-0.2, -0.15) is 0 Å². The van der Waals surface area contributed by atoms with E-state index in [2.05, 4.69) is 10.3 Å². The van der Waals surface area contributed by atoms with Gasteiger partial charge in [0.25, 0.3) is 0 Å². The van der Waals surface area contributed by atoms with Crippen molar-refractivity contribution in [2.24, 2.45) is 4.99 Å². The van der Waals surface area contributed by atoms with Crippen LogP contribution in [0.4, 0.5) is 17.1 Å². The maximum absolute atomic E-state index is 6.36. The number of nitrogens with zero attached hydrogens (tertiary/aromatic N) is 3. The van der Waals surface area contributed by atoms with Gasteiger partial charge in [-0.3, -0.25) is 0 Å². The fourth-order valence-electron chi connectivity index (χ4n) is 2.12. The molecule has 4 nitrogen and oxygen atoms in total. The molecule has 0 unspecified atom stereocenters. The lowest BCUT2D eigenvalue weighted by atomic mass is 10.2. The predicted octanol–water partition coefficient (Wildman–Crippen LogP) is 5.55. The Morgan fingerprint density at radius 3 is 2.12 bits per heavy atom. The van der Waals surface area contributed by atoms with Crippen molar-refractivity contribution in [3.05, 3.63) is 51.0 Å². The van der Waals surface area contributed by atoms with Crippen molar-refractivity contribution in [1.29, 1.82) is 0 Å². The highest BCUT2D eigenvalue weighted by Crippen LogP contribution is 2.36. The maximum Gasteiger partial charge on any atom is 0.102 e. The highest BCUT2D eigenvalue weighted by molar-refractivity contribution is 6.39. The quantitative estimate of drug-likeness (QED) is 0.510. The minimum atomic E-state index is 0.488. The van der Waals surface area contributed by atoms with Gasteiger partial charge >= 0.3 is 0 Å². The Balaban J connectivity index is 2.14. The molecule has 0 amide bonds. The van der Waals surface area contributed by atoms with Crippen molar-refractivity contribution in [3.63, 3.8) is 0 Å². The fourth-order valence-corrected chi connectivity index (χ4v) is 2.95. The van der Waals surface area contributed by atoms with Gasteiger partial charge in [0.2, 0.25) is 0 Å². The Bertz CT molecular complexity index is 750. The summed E-state index contributed by atoms with van der Waals surface area (Å²) in [6.45, 7) is 0.569. The highest BCUT2D eigenvalue weighted by atomic mass is 35.5. The first kappa shape index (κ1) is 19.7. The summed E-state index contributed by atoms with van der Waals surface area (Å²) in [5.41, 5.74) is 3.42. The highest BCUT2D eigenvalue weighted by Gasteiger charge is 2.09. The second-order valence-corrected chi connectivity index (χ2v) is 7.24. The third-order valence-electron chi connectivity index (χ3n) is 3.47. The van der Waals surface area contributed by atoms with Crippen LogP contribution in [0.15, 0.2) is 35.3 Å². The molecule has 0 heterocycles. The van der Waals surface area contributed by atoms with Crippen molar-refractivity contribution < 1.29 is 0 Å². The summed E-state index contributed by atoms with van der Waals surface area (Å²) in [5, 5.41) is 4.98. The number of anilines is 2. The number of hydrogen-bond donors (Lipinski definition) is 1. The van der Waals surface area contributed by atoms with E-state index in [1.807, 2.05) is 56.2 Å². The molecule has 2 aromatic carbocycles. The number of hydrogen-bond acceptors (Lipinski definition) is 3. The lowest BCUT2D eigenvalue weighted by Gasteiger charge is -2.15. The first-order valence-electron chi connectivity index (χ1n) is 7.67. The van der Waals surface area contributed by atoms with Gasteiger partial charge in [0.15, 0.2) is 0 Å². The number of nitrogens with one attached hydrogen (secondary N) is 1. The zero-order valence-corrected chi connectivity index (χ0v) is 16.9. The maximum atomic E-state index is 6.36. The zero-order chi connectivity index (χ0) is 18.6. The number of halogens is 3. The van der Waals surface area contributed by atoms with Crippen LogP contribution in [0.5, 0.6) is 0 Å². The summed E-state index contributed by atoms with van der Waals surface area (Å²) in [7, 11) is 7.72. The molecule has 0 radical (unpaired) electrons. The number of benzene rings is 2. The molecule has 0 atom stereocenters. The monoisotopic (exact) mass is 398 g/mol. The van der Waals surface area contributed by atoms with E-state index >= 15 is 0 Å². The molecule has 0 saturated heterocycles. The minimum absolute atomic E-state index is 0.488. The van der Waals surface area contributed by atoms with Crippen molar-refractivity contribution in [2.75, 3.05) is 38.4 Å². The summed E-state index contributed by atoms with van der Waals surface area (Å²) in [6, 6.07) is 9.58. The molecule has 0 aliphatic carbocycles. The second kappa shape index (κ2) is 8.65. The van der Waals surface area contributed by atoms with E-state index in [-0.39, 0.29) is 0 Å². The average molecular weight is 400 g/mol. The van der Waals surface area contributed by atoms with Crippen molar-refractivity contribution >= 4 is 58.2 Å².